The second-order valence-corrected chi connectivity index (χ2v) is 3.68. The van der Waals surface area contributed by atoms with Crippen molar-refractivity contribution in [3.05, 3.63) is 23.3 Å². The largest absolute Gasteiger partial charge is 0.486 e. The molecule has 1 aliphatic rings. The van der Waals surface area contributed by atoms with Crippen LogP contribution < -0.4 is 15.2 Å². The van der Waals surface area contributed by atoms with E-state index in [0.717, 1.165) is 5.56 Å². The molecule has 1 aromatic carbocycles. The molecule has 1 unspecified atom stereocenters. The van der Waals surface area contributed by atoms with Crippen LogP contribution in [0.2, 0.25) is 0 Å². The van der Waals surface area contributed by atoms with Crippen molar-refractivity contribution < 1.29 is 19.4 Å². The minimum Gasteiger partial charge on any atom is -0.486 e. The maximum absolute atomic E-state index is 10.8. The average molecular weight is 223 g/mol. The third kappa shape index (κ3) is 1.81. The molecule has 0 fully saturated rings. The van der Waals surface area contributed by atoms with Crippen LogP contribution >= 0.6 is 0 Å². The average Bonchev–Trinajstić information content (AvgIpc) is 2.28. The van der Waals surface area contributed by atoms with E-state index in [1.807, 2.05) is 6.92 Å². The van der Waals surface area contributed by atoms with Crippen molar-refractivity contribution in [1.82, 2.24) is 0 Å². The van der Waals surface area contributed by atoms with Crippen LogP contribution in [-0.2, 0) is 4.79 Å². The molecule has 0 aliphatic carbocycles. The summed E-state index contributed by atoms with van der Waals surface area (Å²) in [4.78, 5) is 10.8. The molecule has 0 saturated carbocycles. The summed E-state index contributed by atoms with van der Waals surface area (Å²) in [5.41, 5.74) is 6.90. The molecule has 1 heterocycles. The van der Waals surface area contributed by atoms with Crippen LogP contribution in [0.15, 0.2) is 12.1 Å². The smallest absolute Gasteiger partial charge is 0.325 e. The summed E-state index contributed by atoms with van der Waals surface area (Å²) in [6.45, 7) is 2.82. The first kappa shape index (κ1) is 10.8. The number of fused-ring (bicyclic) bond motifs is 1. The second kappa shape index (κ2) is 4.02. The van der Waals surface area contributed by atoms with E-state index in [0.29, 0.717) is 30.3 Å². The molecule has 1 aromatic rings. The molecule has 16 heavy (non-hydrogen) atoms. The molecule has 5 heteroatoms. The zero-order valence-electron chi connectivity index (χ0n) is 8.90. The number of carbonyl (C=O) groups is 1. The summed E-state index contributed by atoms with van der Waals surface area (Å²) in [6.07, 6.45) is 0. The summed E-state index contributed by atoms with van der Waals surface area (Å²) in [5.74, 6) is 0.182. The monoisotopic (exact) mass is 223 g/mol. The standard InChI is InChI=1S/C11H13NO4/c1-6-4-7(9(12)11(13)14)5-8-10(6)16-3-2-15-8/h4-5,9H,2-3,12H2,1H3,(H,13,14). The van der Waals surface area contributed by atoms with Gasteiger partial charge in [0.1, 0.15) is 19.3 Å². The number of ether oxygens (including phenoxy) is 2. The third-order valence-electron chi connectivity index (χ3n) is 2.48. The highest BCUT2D eigenvalue weighted by molar-refractivity contribution is 5.76. The fourth-order valence-electron chi connectivity index (χ4n) is 1.68. The van der Waals surface area contributed by atoms with Gasteiger partial charge in [0.05, 0.1) is 0 Å². The van der Waals surface area contributed by atoms with Crippen LogP contribution in [0.4, 0.5) is 0 Å². The Morgan fingerprint density at radius 3 is 2.81 bits per heavy atom. The number of carboxylic acids is 1. The van der Waals surface area contributed by atoms with Gasteiger partial charge in [0.25, 0.3) is 0 Å². The highest BCUT2D eigenvalue weighted by atomic mass is 16.6. The third-order valence-corrected chi connectivity index (χ3v) is 2.48. The number of carboxylic acid groups (broad SMARTS) is 1. The molecule has 0 radical (unpaired) electrons. The predicted molar refractivity (Wildman–Crippen MR) is 56.7 cm³/mol. The Hall–Kier alpha value is -1.75. The maximum Gasteiger partial charge on any atom is 0.325 e. The molecule has 0 spiro atoms. The van der Waals surface area contributed by atoms with E-state index in [1.165, 1.54) is 0 Å². The van der Waals surface area contributed by atoms with Gasteiger partial charge in [-0.05, 0) is 30.2 Å². The van der Waals surface area contributed by atoms with Crippen LogP contribution in [0.25, 0.3) is 0 Å². The van der Waals surface area contributed by atoms with Gasteiger partial charge in [-0.25, -0.2) is 0 Å². The van der Waals surface area contributed by atoms with Gasteiger partial charge in [-0.1, -0.05) is 0 Å². The Balaban J connectivity index is 2.42. The molecule has 0 amide bonds. The molecule has 0 aromatic heterocycles. The van der Waals surface area contributed by atoms with E-state index >= 15 is 0 Å². The summed E-state index contributed by atoms with van der Waals surface area (Å²) in [5, 5.41) is 8.83. The fourth-order valence-corrected chi connectivity index (χ4v) is 1.68. The Morgan fingerprint density at radius 1 is 1.44 bits per heavy atom. The second-order valence-electron chi connectivity index (χ2n) is 3.68. The first-order valence-electron chi connectivity index (χ1n) is 4.98. The van der Waals surface area contributed by atoms with Crippen molar-refractivity contribution in [3.8, 4) is 11.5 Å². The van der Waals surface area contributed by atoms with Crippen molar-refractivity contribution in [3.63, 3.8) is 0 Å². The molecule has 0 saturated heterocycles. The number of benzene rings is 1. The van der Waals surface area contributed by atoms with E-state index in [-0.39, 0.29) is 0 Å². The topological polar surface area (TPSA) is 81.8 Å². The Bertz CT molecular complexity index is 430. The molecular weight excluding hydrogens is 210 g/mol. The first-order valence-corrected chi connectivity index (χ1v) is 4.98. The van der Waals surface area contributed by atoms with Crippen LogP contribution in [0.3, 0.4) is 0 Å². The first-order chi connectivity index (χ1) is 7.59. The maximum atomic E-state index is 10.8. The number of nitrogens with two attached hydrogens (primary N) is 1. The van der Waals surface area contributed by atoms with Crippen LogP contribution in [0, 0.1) is 6.92 Å². The van der Waals surface area contributed by atoms with Crippen LogP contribution in [0.1, 0.15) is 17.2 Å². The Kier molecular flexibility index (Phi) is 2.70. The van der Waals surface area contributed by atoms with Gasteiger partial charge >= 0.3 is 5.97 Å². The van der Waals surface area contributed by atoms with Crippen molar-refractivity contribution in [1.29, 1.82) is 0 Å². The number of aliphatic carboxylic acids is 1. The van der Waals surface area contributed by atoms with Gasteiger partial charge in [0.15, 0.2) is 11.5 Å². The highest BCUT2D eigenvalue weighted by Crippen LogP contribution is 2.35. The van der Waals surface area contributed by atoms with E-state index in [2.05, 4.69) is 0 Å². The lowest BCUT2D eigenvalue weighted by atomic mass is 10.0. The van der Waals surface area contributed by atoms with E-state index < -0.39 is 12.0 Å². The Labute approximate surface area is 92.8 Å². The van der Waals surface area contributed by atoms with E-state index in [1.54, 1.807) is 12.1 Å². The van der Waals surface area contributed by atoms with Crippen molar-refractivity contribution in [2.24, 2.45) is 5.73 Å². The zero-order chi connectivity index (χ0) is 11.7. The quantitative estimate of drug-likeness (QED) is 0.776. The van der Waals surface area contributed by atoms with Crippen molar-refractivity contribution >= 4 is 5.97 Å². The number of hydrogen-bond donors (Lipinski definition) is 2. The normalized spacial score (nSPS) is 15.6. The summed E-state index contributed by atoms with van der Waals surface area (Å²) in [7, 11) is 0. The minimum absolute atomic E-state index is 0.470. The number of aryl methyl sites for hydroxylation is 1. The van der Waals surface area contributed by atoms with E-state index in [4.69, 9.17) is 20.3 Å². The van der Waals surface area contributed by atoms with Gasteiger partial charge in [-0.2, -0.15) is 0 Å². The Morgan fingerprint density at radius 2 is 2.12 bits per heavy atom. The molecule has 0 bridgehead atoms. The van der Waals surface area contributed by atoms with Crippen LogP contribution in [-0.4, -0.2) is 24.3 Å². The molecular formula is C11H13NO4. The van der Waals surface area contributed by atoms with Crippen LogP contribution in [0.5, 0.6) is 11.5 Å². The summed E-state index contributed by atoms with van der Waals surface area (Å²) >= 11 is 0. The molecule has 86 valence electrons. The number of rotatable bonds is 2. The lowest BCUT2D eigenvalue weighted by Crippen LogP contribution is -2.22. The van der Waals surface area contributed by atoms with Crippen molar-refractivity contribution in [2.45, 2.75) is 13.0 Å². The molecule has 5 nitrogen and oxygen atoms in total. The van der Waals surface area contributed by atoms with Gasteiger partial charge in [0.2, 0.25) is 0 Å². The lowest BCUT2D eigenvalue weighted by molar-refractivity contribution is -0.138. The van der Waals surface area contributed by atoms with Gasteiger partial charge < -0.3 is 20.3 Å². The predicted octanol–water partition coefficient (Wildman–Crippen LogP) is 0.851. The van der Waals surface area contributed by atoms with Gasteiger partial charge in [-0.3, -0.25) is 4.79 Å². The zero-order valence-corrected chi connectivity index (χ0v) is 8.90. The van der Waals surface area contributed by atoms with Gasteiger partial charge in [0, 0.05) is 0 Å². The summed E-state index contributed by atoms with van der Waals surface area (Å²) in [6, 6.07) is 2.31. The SMILES string of the molecule is Cc1cc(C(N)C(=O)O)cc2c1OCCO2. The van der Waals surface area contributed by atoms with E-state index in [9.17, 15) is 4.79 Å². The highest BCUT2D eigenvalue weighted by Gasteiger charge is 2.20. The minimum atomic E-state index is -1.06. The number of hydrogen-bond acceptors (Lipinski definition) is 4. The molecule has 1 atom stereocenters. The van der Waals surface area contributed by atoms with Gasteiger partial charge in [-0.15, -0.1) is 0 Å². The molecule has 1 aliphatic heterocycles. The molecule has 2 rings (SSSR count). The fraction of sp³-hybridized carbons (Fsp3) is 0.364. The molecule has 3 N–H and O–H groups in total. The lowest BCUT2D eigenvalue weighted by Gasteiger charge is -2.21. The summed E-state index contributed by atoms with van der Waals surface area (Å²) < 4.78 is 10.8. The van der Waals surface area contributed by atoms with Crippen molar-refractivity contribution in [2.75, 3.05) is 13.2 Å².